The van der Waals surface area contributed by atoms with Crippen LogP contribution in [0.2, 0.25) is 5.02 Å². The molecule has 2 saturated carbocycles. The number of carbonyl (C=O) groups is 2. The molecule has 0 radical (unpaired) electrons. The zero-order valence-electron chi connectivity index (χ0n) is 16.6. The zero-order valence-corrected chi connectivity index (χ0v) is 19.0. The fourth-order valence-electron chi connectivity index (χ4n) is 6.65. The average molecular weight is 485 g/mol. The van der Waals surface area contributed by atoms with Crippen LogP contribution in [0.4, 0.5) is 5.69 Å². The molecule has 2 amide bonds. The topological polar surface area (TPSA) is 83.4 Å². The van der Waals surface area contributed by atoms with E-state index in [0.29, 0.717) is 10.7 Å². The second-order valence-electron chi connectivity index (χ2n) is 8.96. The number of halogens is 1. The highest BCUT2D eigenvalue weighted by Crippen LogP contribution is 2.68. The van der Waals surface area contributed by atoms with Crippen LogP contribution in [0, 0.1) is 29.6 Å². The maximum Gasteiger partial charge on any atom is 0.305 e. The van der Waals surface area contributed by atoms with Crippen LogP contribution < -0.4 is 9.77 Å². The summed E-state index contributed by atoms with van der Waals surface area (Å²) in [6.07, 6.45) is 2.52. The standard InChI is InChI=1S/C23H17ClN2O4S2/c24-9-3-5-10(6-4-9)26-21(27)15-11-8-12(16(15)22(26)28)18-14(11)17(13-2-1-7-30-13)19-20(31-18)25-23(29)32-19/h1-7,11-12,14-18H,8H2,(H,25,29)/t11-,12-,14+,15+,16+,17+,18-/m1/s1. The van der Waals surface area contributed by atoms with Crippen LogP contribution in [0.3, 0.4) is 0 Å². The average Bonchev–Trinajstić information content (AvgIpc) is 3.57. The van der Waals surface area contributed by atoms with Gasteiger partial charge in [0.05, 0.1) is 39.6 Å². The molecule has 0 spiro atoms. The van der Waals surface area contributed by atoms with Gasteiger partial charge >= 0.3 is 4.87 Å². The number of thiazole rings is 1. The number of nitrogens with zero attached hydrogens (tertiary/aromatic N) is 1. The minimum absolute atomic E-state index is 0.0707. The highest BCUT2D eigenvalue weighted by Gasteiger charge is 2.70. The number of anilines is 1. The molecular formula is C23H17ClN2O4S2. The van der Waals surface area contributed by atoms with Crippen molar-refractivity contribution in [2.75, 3.05) is 4.90 Å². The van der Waals surface area contributed by atoms with Gasteiger partial charge in [-0.2, -0.15) is 0 Å². The minimum atomic E-state index is -0.320. The van der Waals surface area contributed by atoms with Crippen LogP contribution in [0.25, 0.3) is 0 Å². The molecule has 3 aromatic rings. The second-order valence-corrected chi connectivity index (χ2v) is 11.6. The lowest BCUT2D eigenvalue weighted by atomic mass is 9.69. The summed E-state index contributed by atoms with van der Waals surface area (Å²) >= 11 is 8.92. The molecule has 2 bridgehead atoms. The Labute approximate surface area is 195 Å². The summed E-state index contributed by atoms with van der Waals surface area (Å²) in [6, 6.07) is 10.7. The number of furan rings is 1. The van der Waals surface area contributed by atoms with Crippen molar-refractivity contribution in [3.05, 3.63) is 68.0 Å². The lowest BCUT2D eigenvalue weighted by Crippen LogP contribution is -2.42. The molecular weight excluding hydrogens is 468 g/mol. The molecule has 6 nitrogen and oxygen atoms in total. The highest BCUT2D eigenvalue weighted by molar-refractivity contribution is 8.00. The smallest absolute Gasteiger partial charge is 0.305 e. The van der Waals surface area contributed by atoms with E-state index in [-0.39, 0.29) is 57.4 Å². The van der Waals surface area contributed by atoms with Gasteiger partial charge in [0.2, 0.25) is 11.8 Å². The van der Waals surface area contributed by atoms with Crippen molar-refractivity contribution in [3.63, 3.8) is 0 Å². The van der Waals surface area contributed by atoms with Gasteiger partial charge in [0, 0.05) is 10.3 Å². The van der Waals surface area contributed by atoms with Crippen LogP contribution in [0.1, 0.15) is 23.0 Å². The number of hydrogen-bond donors (Lipinski definition) is 1. The number of nitrogens with one attached hydrogen (secondary N) is 1. The van der Waals surface area contributed by atoms with E-state index in [4.69, 9.17) is 16.0 Å². The summed E-state index contributed by atoms with van der Waals surface area (Å²) in [5.41, 5.74) is 0.583. The third-order valence-electron chi connectivity index (χ3n) is 7.66. The number of rotatable bonds is 2. The summed E-state index contributed by atoms with van der Waals surface area (Å²) in [6.45, 7) is 0. The number of carbonyl (C=O) groups excluding carboxylic acids is 2. The first kappa shape index (κ1) is 19.2. The fourth-order valence-corrected chi connectivity index (χ4v) is 9.64. The van der Waals surface area contributed by atoms with E-state index < -0.39 is 0 Å². The van der Waals surface area contributed by atoms with Crippen molar-refractivity contribution in [1.82, 2.24) is 4.98 Å². The summed E-state index contributed by atoms with van der Waals surface area (Å²) in [5, 5.41) is 1.62. The fraction of sp³-hybridized carbons (Fsp3) is 0.348. The molecule has 32 heavy (non-hydrogen) atoms. The van der Waals surface area contributed by atoms with Crippen LogP contribution in [0.15, 0.2) is 56.9 Å². The van der Waals surface area contributed by atoms with Gasteiger partial charge in [-0.25, -0.2) is 0 Å². The summed E-state index contributed by atoms with van der Waals surface area (Å²) in [4.78, 5) is 44.5. The van der Waals surface area contributed by atoms with Crippen molar-refractivity contribution in [2.45, 2.75) is 22.6 Å². The van der Waals surface area contributed by atoms with Gasteiger partial charge in [-0.05, 0) is 60.6 Å². The van der Waals surface area contributed by atoms with E-state index in [2.05, 4.69) is 4.98 Å². The molecule has 2 aliphatic carbocycles. The van der Waals surface area contributed by atoms with E-state index in [1.807, 2.05) is 12.1 Å². The first-order valence-corrected chi connectivity index (χ1v) is 12.7. The predicted octanol–water partition coefficient (Wildman–Crippen LogP) is 4.36. The van der Waals surface area contributed by atoms with Gasteiger partial charge in [0.25, 0.3) is 0 Å². The number of thioether (sulfide) groups is 1. The van der Waals surface area contributed by atoms with Crippen molar-refractivity contribution in [2.24, 2.45) is 29.6 Å². The molecule has 162 valence electrons. The molecule has 4 heterocycles. The number of aromatic amines is 1. The number of H-pyrrole nitrogens is 1. The van der Waals surface area contributed by atoms with Gasteiger partial charge in [-0.15, -0.1) is 11.8 Å². The summed E-state index contributed by atoms with van der Waals surface area (Å²) in [7, 11) is 0. The zero-order chi connectivity index (χ0) is 21.7. The number of aromatic nitrogens is 1. The molecule has 2 aliphatic heterocycles. The number of fused-ring (bicyclic) bond motifs is 9. The Hall–Kier alpha value is -2.29. The van der Waals surface area contributed by atoms with Gasteiger partial charge in [-0.1, -0.05) is 22.9 Å². The maximum absolute atomic E-state index is 13.6. The molecule has 7 rings (SSSR count). The van der Waals surface area contributed by atoms with Crippen LogP contribution in [-0.4, -0.2) is 22.0 Å². The lowest BCUT2D eigenvalue weighted by molar-refractivity contribution is -0.123. The molecule has 2 aromatic heterocycles. The Morgan fingerprint density at radius 1 is 1.03 bits per heavy atom. The summed E-state index contributed by atoms with van der Waals surface area (Å²) in [5.74, 6) is 0.252. The lowest BCUT2D eigenvalue weighted by Gasteiger charge is -2.42. The molecule has 1 saturated heterocycles. The van der Waals surface area contributed by atoms with E-state index in [9.17, 15) is 14.4 Å². The molecule has 1 N–H and O–H groups in total. The quantitative estimate of drug-likeness (QED) is 0.546. The van der Waals surface area contributed by atoms with E-state index in [1.54, 1.807) is 42.3 Å². The first-order chi connectivity index (χ1) is 15.5. The van der Waals surface area contributed by atoms with Crippen LogP contribution in [-0.2, 0) is 9.59 Å². The normalized spacial score (nSPS) is 34.7. The van der Waals surface area contributed by atoms with E-state index in [1.165, 1.54) is 16.2 Å². The van der Waals surface area contributed by atoms with Crippen molar-refractivity contribution in [1.29, 1.82) is 0 Å². The Morgan fingerprint density at radius 2 is 1.78 bits per heavy atom. The van der Waals surface area contributed by atoms with Gasteiger partial charge < -0.3 is 9.40 Å². The Balaban J connectivity index is 1.32. The molecule has 9 heteroatoms. The Morgan fingerprint density at radius 3 is 2.50 bits per heavy atom. The Kier molecular flexibility index (Phi) is 3.97. The molecule has 7 atom stereocenters. The number of benzene rings is 1. The molecule has 0 unspecified atom stereocenters. The third kappa shape index (κ3) is 2.40. The number of imide groups is 1. The summed E-state index contributed by atoms with van der Waals surface area (Å²) < 4.78 is 5.82. The van der Waals surface area contributed by atoms with Crippen LogP contribution in [0.5, 0.6) is 0 Å². The van der Waals surface area contributed by atoms with Crippen molar-refractivity contribution >= 4 is 52.2 Å². The highest BCUT2D eigenvalue weighted by atomic mass is 35.5. The van der Waals surface area contributed by atoms with E-state index in [0.717, 1.165) is 22.1 Å². The van der Waals surface area contributed by atoms with Gasteiger partial charge in [-0.3, -0.25) is 19.3 Å². The first-order valence-electron chi connectivity index (χ1n) is 10.6. The van der Waals surface area contributed by atoms with Gasteiger partial charge in [0.1, 0.15) is 5.76 Å². The minimum Gasteiger partial charge on any atom is -0.469 e. The number of hydrogen-bond acceptors (Lipinski definition) is 6. The molecule has 3 fully saturated rings. The predicted molar refractivity (Wildman–Crippen MR) is 121 cm³/mol. The molecule has 1 aromatic carbocycles. The second kappa shape index (κ2) is 6.62. The number of amides is 2. The molecule has 4 aliphatic rings. The van der Waals surface area contributed by atoms with Crippen molar-refractivity contribution < 1.29 is 14.0 Å². The van der Waals surface area contributed by atoms with Crippen LogP contribution >= 0.6 is 34.7 Å². The Bertz CT molecular complexity index is 1310. The third-order valence-corrected chi connectivity index (χ3v) is 10.5. The largest absolute Gasteiger partial charge is 0.469 e. The van der Waals surface area contributed by atoms with Gasteiger partial charge in [0.15, 0.2) is 0 Å². The van der Waals surface area contributed by atoms with Crippen molar-refractivity contribution in [3.8, 4) is 0 Å². The van der Waals surface area contributed by atoms with E-state index >= 15 is 0 Å². The monoisotopic (exact) mass is 484 g/mol. The maximum atomic E-state index is 13.6. The SMILES string of the molecule is O=C1[C@H]2[C@H]3C[C@@H]([C@@H]2C(=O)N1c1ccc(Cl)cc1)[C@H]1[C@H](c2ccco2)c2sc(=O)[nH]c2S[C@H]31.